The van der Waals surface area contributed by atoms with Crippen molar-refractivity contribution in [3.05, 3.63) is 12.2 Å². The second-order valence-corrected chi connectivity index (χ2v) is 5.56. The van der Waals surface area contributed by atoms with Crippen molar-refractivity contribution < 1.29 is 4.74 Å². The second kappa shape index (κ2) is 4.97. The lowest BCUT2D eigenvalue weighted by atomic mass is 9.89. The van der Waals surface area contributed by atoms with Crippen molar-refractivity contribution in [3.8, 4) is 0 Å². The van der Waals surface area contributed by atoms with Crippen LogP contribution >= 0.6 is 0 Å². The van der Waals surface area contributed by atoms with Gasteiger partial charge in [-0.2, -0.15) is 5.10 Å². The summed E-state index contributed by atoms with van der Waals surface area (Å²) >= 11 is 0. The Kier molecular flexibility index (Phi) is 3.35. The van der Waals surface area contributed by atoms with Crippen LogP contribution in [0.5, 0.6) is 0 Å². The zero-order chi connectivity index (χ0) is 12.4. The van der Waals surface area contributed by atoms with Gasteiger partial charge in [0.05, 0.1) is 18.2 Å². The molecule has 1 spiro atoms. The fourth-order valence-corrected chi connectivity index (χ4v) is 3.32. The molecule has 18 heavy (non-hydrogen) atoms. The predicted octanol–water partition coefficient (Wildman–Crippen LogP) is 1.66. The van der Waals surface area contributed by atoms with Crippen LogP contribution in [-0.2, 0) is 11.3 Å². The molecule has 1 N–H and O–H groups in total. The van der Waals surface area contributed by atoms with Crippen LogP contribution in [0.3, 0.4) is 0 Å². The highest BCUT2D eigenvalue weighted by atomic mass is 16.5. The van der Waals surface area contributed by atoms with Crippen molar-refractivity contribution in [2.75, 3.05) is 13.7 Å². The quantitative estimate of drug-likeness (QED) is 0.886. The van der Waals surface area contributed by atoms with E-state index in [9.17, 15) is 0 Å². The molecule has 1 unspecified atom stereocenters. The first-order valence-corrected chi connectivity index (χ1v) is 7.00. The fourth-order valence-electron chi connectivity index (χ4n) is 3.32. The van der Waals surface area contributed by atoms with Crippen molar-refractivity contribution in [1.82, 2.24) is 20.1 Å². The van der Waals surface area contributed by atoms with E-state index in [-0.39, 0.29) is 5.60 Å². The molecule has 1 atom stereocenters. The fraction of sp³-hybridized carbons (Fsp3) is 0.846. The standard InChI is InChI=1S/C13H22N4O/c1-14-9-12-15-10-17(16-12)11-4-7-18-13(8-11)5-2-3-6-13/h10-11,14H,2-9H2,1H3. The normalized spacial score (nSPS) is 26.8. The minimum Gasteiger partial charge on any atom is -0.375 e. The maximum atomic E-state index is 6.06. The maximum Gasteiger partial charge on any atom is 0.164 e. The third kappa shape index (κ3) is 2.29. The molecular weight excluding hydrogens is 228 g/mol. The van der Waals surface area contributed by atoms with E-state index in [1.54, 1.807) is 0 Å². The average Bonchev–Trinajstić information content (AvgIpc) is 3.00. The topological polar surface area (TPSA) is 52.0 Å². The third-order valence-electron chi connectivity index (χ3n) is 4.25. The van der Waals surface area contributed by atoms with E-state index in [4.69, 9.17) is 4.74 Å². The number of hydrogen-bond acceptors (Lipinski definition) is 4. The lowest BCUT2D eigenvalue weighted by Gasteiger charge is -2.38. The average molecular weight is 250 g/mol. The number of nitrogens with zero attached hydrogens (tertiary/aromatic N) is 3. The van der Waals surface area contributed by atoms with Crippen LogP contribution in [0.2, 0.25) is 0 Å². The molecule has 2 heterocycles. The summed E-state index contributed by atoms with van der Waals surface area (Å²) < 4.78 is 8.11. The van der Waals surface area contributed by atoms with E-state index >= 15 is 0 Å². The van der Waals surface area contributed by atoms with Gasteiger partial charge in [-0.3, -0.25) is 0 Å². The number of ether oxygens (including phenoxy) is 1. The molecule has 0 bridgehead atoms. The molecule has 0 aromatic carbocycles. The van der Waals surface area contributed by atoms with Crippen LogP contribution in [0.25, 0.3) is 0 Å². The summed E-state index contributed by atoms with van der Waals surface area (Å²) in [5.74, 6) is 0.879. The van der Waals surface area contributed by atoms with Crippen LogP contribution < -0.4 is 5.32 Å². The molecule has 3 rings (SSSR count). The van der Waals surface area contributed by atoms with Gasteiger partial charge in [-0.1, -0.05) is 12.8 Å². The molecule has 1 aliphatic carbocycles. The van der Waals surface area contributed by atoms with Gasteiger partial charge in [-0.15, -0.1) is 0 Å². The Bertz CT molecular complexity index is 397. The summed E-state index contributed by atoms with van der Waals surface area (Å²) in [6.07, 6.45) is 9.12. The summed E-state index contributed by atoms with van der Waals surface area (Å²) in [4.78, 5) is 4.34. The Labute approximate surface area is 108 Å². The molecule has 1 aromatic heterocycles. The van der Waals surface area contributed by atoms with Gasteiger partial charge in [-0.25, -0.2) is 9.67 Å². The molecule has 5 nitrogen and oxygen atoms in total. The molecule has 2 fully saturated rings. The minimum absolute atomic E-state index is 0.151. The smallest absolute Gasteiger partial charge is 0.164 e. The van der Waals surface area contributed by atoms with E-state index in [0.29, 0.717) is 6.04 Å². The van der Waals surface area contributed by atoms with E-state index < -0.39 is 0 Å². The highest BCUT2D eigenvalue weighted by molar-refractivity contribution is 4.93. The van der Waals surface area contributed by atoms with Gasteiger partial charge in [0.2, 0.25) is 0 Å². The van der Waals surface area contributed by atoms with Gasteiger partial charge in [-0.05, 0) is 32.7 Å². The van der Waals surface area contributed by atoms with Gasteiger partial charge in [0.1, 0.15) is 6.33 Å². The maximum absolute atomic E-state index is 6.06. The first-order chi connectivity index (χ1) is 8.81. The van der Waals surface area contributed by atoms with E-state index in [1.165, 1.54) is 25.7 Å². The predicted molar refractivity (Wildman–Crippen MR) is 68.2 cm³/mol. The Morgan fingerprint density at radius 1 is 1.50 bits per heavy atom. The lowest BCUT2D eigenvalue weighted by Crippen LogP contribution is -2.38. The second-order valence-electron chi connectivity index (χ2n) is 5.56. The van der Waals surface area contributed by atoms with Crippen molar-refractivity contribution in [1.29, 1.82) is 0 Å². The SMILES string of the molecule is CNCc1ncn(C2CCOC3(CCCC3)C2)n1. The molecular formula is C13H22N4O. The van der Waals surface area contributed by atoms with Crippen LogP contribution in [0.4, 0.5) is 0 Å². The zero-order valence-corrected chi connectivity index (χ0v) is 11.1. The largest absolute Gasteiger partial charge is 0.375 e. The monoisotopic (exact) mass is 250 g/mol. The summed E-state index contributed by atoms with van der Waals surface area (Å²) in [7, 11) is 1.92. The van der Waals surface area contributed by atoms with Gasteiger partial charge in [0, 0.05) is 6.61 Å². The zero-order valence-electron chi connectivity index (χ0n) is 11.1. The summed E-state index contributed by atoms with van der Waals surface area (Å²) in [6, 6.07) is 0.468. The molecule has 0 radical (unpaired) electrons. The first-order valence-electron chi connectivity index (χ1n) is 7.00. The summed E-state index contributed by atoms with van der Waals surface area (Å²) in [5, 5.41) is 7.65. The first kappa shape index (κ1) is 12.1. The van der Waals surface area contributed by atoms with Gasteiger partial charge >= 0.3 is 0 Å². The Balaban J connectivity index is 1.71. The van der Waals surface area contributed by atoms with E-state index in [2.05, 4.69) is 20.1 Å². The van der Waals surface area contributed by atoms with Gasteiger partial charge in [0.25, 0.3) is 0 Å². The highest BCUT2D eigenvalue weighted by Gasteiger charge is 2.40. The van der Waals surface area contributed by atoms with Crippen LogP contribution in [0, 0.1) is 0 Å². The third-order valence-corrected chi connectivity index (χ3v) is 4.25. The van der Waals surface area contributed by atoms with Gasteiger partial charge in [0.15, 0.2) is 5.82 Å². The van der Waals surface area contributed by atoms with Crippen molar-refractivity contribution in [2.45, 2.75) is 56.7 Å². The van der Waals surface area contributed by atoms with Crippen LogP contribution in [0.15, 0.2) is 6.33 Å². The number of nitrogens with one attached hydrogen (secondary N) is 1. The van der Waals surface area contributed by atoms with Crippen LogP contribution in [-0.4, -0.2) is 34.0 Å². The van der Waals surface area contributed by atoms with E-state index in [0.717, 1.165) is 31.8 Å². The summed E-state index contributed by atoms with van der Waals surface area (Å²) in [6.45, 7) is 1.60. The molecule has 5 heteroatoms. The molecule has 1 aliphatic heterocycles. The number of rotatable bonds is 3. The summed E-state index contributed by atoms with van der Waals surface area (Å²) in [5.41, 5.74) is 0.151. The molecule has 1 aromatic rings. The van der Waals surface area contributed by atoms with Crippen LogP contribution in [0.1, 0.15) is 50.4 Å². The molecule has 1 saturated heterocycles. The minimum atomic E-state index is 0.151. The molecule has 2 aliphatic rings. The van der Waals surface area contributed by atoms with Crippen molar-refractivity contribution >= 4 is 0 Å². The number of hydrogen-bond donors (Lipinski definition) is 1. The van der Waals surface area contributed by atoms with Crippen molar-refractivity contribution in [2.24, 2.45) is 0 Å². The Morgan fingerprint density at radius 2 is 2.33 bits per heavy atom. The van der Waals surface area contributed by atoms with E-state index in [1.807, 2.05) is 13.4 Å². The van der Waals surface area contributed by atoms with Gasteiger partial charge < -0.3 is 10.1 Å². The Morgan fingerprint density at radius 3 is 3.11 bits per heavy atom. The lowest BCUT2D eigenvalue weighted by molar-refractivity contribution is -0.0910. The molecule has 0 amide bonds. The molecule has 100 valence electrons. The van der Waals surface area contributed by atoms with Crippen molar-refractivity contribution in [3.63, 3.8) is 0 Å². The molecule has 1 saturated carbocycles. The Hall–Kier alpha value is -0.940. The number of aromatic nitrogens is 3. The highest BCUT2D eigenvalue weighted by Crippen LogP contribution is 2.43.